The van der Waals surface area contributed by atoms with Crippen LogP contribution >= 0.6 is 0 Å². The summed E-state index contributed by atoms with van der Waals surface area (Å²) in [6.45, 7) is 9.99. The number of hydrogen-bond donors (Lipinski definition) is 0. The molecule has 0 fully saturated rings. The Labute approximate surface area is 136 Å². The quantitative estimate of drug-likeness (QED) is 0.869. The van der Waals surface area contributed by atoms with Gasteiger partial charge in [-0.05, 0) is 19.9 Å². The Morgan fingerprint density at radius 2 is 2.17 bits per heavy atom. The lowest BCUT2D eigenvalue weighted by molar-refractivity contribution is -0.132. The van der Waals surface area contributed by atoms with Gasteiger partial charge >= 0.3 is 0 Å². The standard InChI is InChI=1S/C17H24N4O2/c1-11(2)17-18-14-10-20(7-5-15(14)23-17)16(22)6-8-21-13(4)9-12(3)19-21/h9,11H,5-8,10H2,1-4H3. The summed E-state index contributed by atoms with van der Waals surface area (Å²) < 4.78 is 7.68. The van der Waals surface area contributed by atoms with Crippen molar-refractivity contribution < 1.29 is 9.21 Å². The predicted molar refractivity (Wildman–Crippen MR) is 86.0 cm³/mol. The minimum atomic E-state index is 0.150. The molecule has 23 heavy (non-hydrogen) atoms. The third kappa shape index (κ3) is 3.30. The largest absolute Gasteiger partial charge is 0.445 e. The van der Waals surface area contributed by atoms with Crippen LogP contribution in [0.25, 0.3) is 0 Å². The summed E-state index contributed by atoms with van der Waals surface area (Å²) in [7, 11) is 0. The van der Waals surface area contributed by atoms with Crippen molar-refractivity contribution in [1.29, 1.82) is 0 Å². The molecule has 6 nitrogen and oxygen atoms in total. The zero-order chi connectivity index (χ0) is 16.6. The number of hydrogen-bond acceptors (Lipinski definition) is 4. The van der Waals surface area contributed by atoms with Crippen LogP contribution in [-0.2, 0) is 24.3 Å². The Kier molecular flexibility index (Phi) is 4.24. The Bertz CT molecular complexity index is 714. The van der Waals surface area contributed by atoms with Gasteiger partial charge in [0, 0.05) is 37.5 Å². The lowest BCUT2D eigenvalue weighted by Gasteiger charge is -2.25. The number of aryl methyl sites for hydroxylation is 3. The maximum absolute atomic E-state index is 12.5. The van der Waals surface area contributed by atoms with E-state index in [1.807, 2.05) is 29.5 Å². The molecule has 0 aliphatic carbocycles. The summed E-state index contributed by atoms with van der Waals surface area (Å²) in [6.07, 6.45) is 1.22. The number of oxazole rings is 1. The van der Waals surface area contributed by atoms with E-state index in [0.717, 1.165) is 35.2 Å². The Morgan fingerprint density at radius 3 is 2.83 bits per heavy atom. The second-order valence-corrected chi connectivity index (χ2v) is 6.54. The molecule has 3 heterocycles. The molecule has 0 saturated heterocycles. The molecule has 0 N–H and O–H groups in total. The normalized spacial score (nSPS) is 14.4. The molecule has 0 bridgehead atoms. The topological polar surface area (TPSA) is 64.2 Å². The van der Waals surface area contributed by atoms with Gasteiger partial charge in [-0.2, -0.15) is 5.10 Å². The second-order valence-electron chi connectivity index (χ2n) is 6.54. The number of carbonyl (C=O) groups is 1. The highest BCUT2D eigenvalue weighted by atomic mass is 16.4. The first-order valence-electron chi connectivity index (χ1n) is 8.21. The fourth-order valence-electron chi connectivity index (χ4n) is 2.94. The molecule has 2 aromatic heterocycles. The molecule has 3 rings (SSSR count). The van der Waals surface area contributed by atoms with Crippen molar-refractivity contribution in [3.05, 3.63) is 34.8 Å². The van der Waals surface area contributed by atoms with E-state index in [-0.39, 0.29) is 11.8 Å². The lowest BCUT2D eigenvalue weighted by atomic mass is 10.1. The van der Waals surface area contributed by atoms with E-state index in [9.17, 15) is 4.79 Å². The highest BCUT2D eigenvalue weighted by Crippen LogP contribution is 2.24. The van der Waals surface area contributed by atoms with Crippen LogP contribution in [0.2, 0.25) is 0 Å². The van der Waals surface area contributed by atoms with E-state index in [2.05, 4.69) is 23.9 Å². The molecule has 6 heteroatoms. The number of amides is 1. The monoisotopic (exact) mass is 316 g/mol. The van der Waals surface area contributed by atoms with Crippen molar-refractivity contribution in [2.75, 3.05) is 6.54 Å². The molecule has 1 aliphatic rings. The van der Waals surface area contributed by atoms with Crippen LogP contribution in [0.5, 0.6) is 0 Å². The van der Waals surface area contributed by atoms with Crippen LogP contribution in [-0.4, -0.2) is 32.1 Å². The third-order valence-corrected chi connectivity index (χ3v) is 4.23. The summed E-state index contributed by atoms with van der Waals surface area (Å²) in [5.74, 6) is 2.14. The maximum Gasteiger partial charge on any atom is 0.224 e. The molecule has 0 atom stereocenters. The minimum absolute atomic E-state index is 0.150. The van der Waals surface area contributed by atoms with E-state index >= 15 is 0 Å². The fraction of sp³-hybridized carbons (Fsp3) is 0.588. The van der Waals surface area contributed by atoms with Crippen LogP contribution in [0, 0.1) is 13.8 Å². The van der Waals surface area contributed by atoms with Crippen molar-refractivity contribution in [3.8, 4) is 0 Å². The van der Waals surface area contributed by atoms with Gasteiger partial charge in [-0.25, -0.2) is 4.98 Å². The smallest absolute Gasteiger partial charge is 0.224 e. The van der Waals surface area contributed by atoms with Crippen LogP contribution < -0.4 is 0 Å². The molecule has 124 valence electrons. The number of rotatable bonds is 4. The Hall–Kier alpha value is -2.11. The number of aromatic nitrogens is 3. The van der Waals surface area contributed by atoms with Crippen LogP contribution in [0.15, 0.2) is 10.5 Å². The predicted octanol–water partition coefficient (Wildman–Crippen LogP) is 2.59. The molecular weight excluding hydrogens is 292 g/mol. The zero-order valence-corrected chi connectivity index (χ0v) is 14.3. The van der Waals surface area contributed by atoms with Crippen molar-refractivity contribution >= 4 is 5.91 Å². The number of fused-ring (bicyclic) bond motifs is 1. The second kappa shape index (κ2) is 6.18. The van der Waals surface area contributed by atoms with Gasteiger partial charge < -0.3 is 9.32 Å². The average Bonchev–Trinajstić information content (AvgIpc) is 3.07. The highest BCUT2D eigenvalue weighted by Gasteiger charge is 2.25. The molecule has 0 saturated carbocycles. The first-order valence-corrected chi connectivity index (χ1v) is 8.21. The van der Waals surface area contributed by atoms with E-state index in [1.54, 1.807) is 0 Å². The first kappa shape index (κ1) is 15.8. The zero-order valence-electron chi connectivity index (χ0n) is 14.3. The van der Waals surface area contributed by atoms with Crippen LogP contribution in [0.4, 0.5) is 0 Å². The molecular formula is C17H24N4O2. The first-order chi connectivity index (χ1) is 10.9. The highest BCUT2D eigenvalue weighted by molar-refractivity contribution is 5.76. The van der Waals surface area contributed by atoms with Gasteiger partial charge in [-0.3, -0.25) is 9.48 Å². The Balaban J connectivity index is 1.61. The third-order valence-electron chi connectivity index (χ3n) is 4.23. The van der Waals surface area contributed by atoms with Crippen molar-refractivity contribution in [2.24, 2.45) is 0 Å². The molecule has 0 aromatic carbocycles. The van der Waals surface area contributed by atoms with Crippen LogP contribution in [0.3, 0.4) is 0 Å². The van der Waals surface area contributed by atoms with Gasteiger partial charge in [0.2, 0.25) is 5.91 Å². The molecule has 0 spiro atoms. The van der Waals surface area contributed by atoms with Crippen molar-refractivity contribution in [2.45, 2.75) is 59.5 Å². The average molecular weight is 316 g/mol. The molecule has 0 radical (unpaired) electrons. The van der Waals surface area contributed by atoms with Crippen molar-refractivity contribution in [3.63, 3.8) is 0 Å². The number of carbonyl (C=O) groups excluding carboxylic acids is 1. The van der Waals surface area contributed by atoms with Gasteiger partial charge in [0.15, 0.2) is 5.89 Å². The van der Waals surface area contributed by atoms with E-state index in [0.29, 0.717) is 26.1 Å². The summed E-state index contributed by atoms with van der Waals surface area (Å²) in [4.78, 5) is 18.9. The van der Waals surface area contributed by atoms with E-state index < -0.39 is 0 Å². The summed E-state index contributed by atoms with van der Waals surface area (Å²) in [5, 5.41) is 4.40. The van der Waals surface area contributed by atoms with Gasteiger partial charge in [0.1, 0.15) is 11.5 Å². The van der Waals surface area contributed by atoms with Gasteiger partial charge in [0.25, 0.3) is 0 Å². The van der Waals surface area contributed by atoms with Crippen LogP contribution in [0.1, 0.15) is 54.9 Å². The van der Waals surface area contributed by atoms with Gasteiger partial charge in [-0.15, -0.1) is 0 Å². The van der Waals surface area contributed by atoms with Gasteiger partial charge in [0.05, 0.1) is 12.2 Å². The SMILES string of the molecule is Cc1cc(C)n(CCC(=O)N2CCc3oc(C(C)C)nc3C2)n1. The Morgan fingerprint density at radius 1 is 1.39 bits per heavy atom. The van der Waals surface area contributed by atoms with E-state index in [4.69, 9.17) is 4.42 Å². The van der Waals surface area contributed by atoms with Crippen molar-refractivity contribution in [1.82, 2.24) is 19.7 Å². The fourth-order valence-corrected chi connectivity index (χ4v) is 2.94. The summed E-state index contributed by atoms with van der Waals surface area (Å²) in [5.41, 5.74) is 3.00. The summed E-state index contributed by atoms with van der Waals surface area (Å²) >= 11 is 0. The van der Waals surface area contributed by atoms with E-state index in [1.165, 1.54) is 0 Å². The minimum Gasteiger partial charge on any atom is -0.445 e. The molecule has 1 amide bonds. The molecule has 1 aliphatic heterocycles. The molecule has 2 aromatic rings. The maximum atomic E-state index is 12.5. The summed E-state index contributed by atoms with van der Waals surface area (Å²) in [6, 6.07) is 2.03. The molecule has 0 unspecified atom stereocenters. The van der Waals surface area contributed by atoms with Gasteiger partial charge in [-0.1, -0.05) is 13.8 Å². The lowest BCUT2D eigenvalue weighted by Crippen LogP contribution is -2.36. The number of nitrogens with zero attached hydrogens (tertiary/aromatic N) is 4.